The van der Waals surface area contributed by atoms with Crippen LogP contribution in [-0.4, -0.2) is 22.9 Å². The smallest absolute Gasteiger partial charge is 0.134 e. The molecule has 1 saturated heterocycles. The summed E-state index contributed by atoms with van der Waals surface area (Å²) in [6.07, 6.45) is 2.68. The van der Waals surface area contributed by atoms with Gasteiger partial charge in [0.15, 0.2) is 0 Å². The highest BCUT2D eigenvalue weighted by molar-refractivity contribution is 5.79. The summed E-state index contributed by atoms with van der Waals surface area (Å²) >= 11 is 0. The van der Waals surface area contributed by atoms with Crippen molar-refractivity contribution in [2.75, 3.05) is 13.1 Å². The zero-order valence-corrected chi connectivity index (χ0v) is 8.28. The molecule has 0 aliphatic carbocycles. The Morgan fingerprint density at radius 3 is 3.20 bits per heavy atom. The van der Waals surface area contributed by atoms with E-state index >= 15 is 0 Å². The van der Waals surface area contributed by atoms with Crippen LogP contribution in [0.2, 0.25) is 0 Å². The maximum absolute atomic E-state index is 13.4. The Morgan fingerprint density at radius 1 is 1.47 bits per heavy atom. The Balaban J connectivity index is 2.15. The number of halogens is 1. The second kappa shape index (κ2) is 3.31. The summed E-state index contributed by atoms with van der Waals surface area (Å²) < 4.78 is 15.3. The average Bonchev–Trinajstić information content (AvgIpc) is 2.85. The summed E-state index contributed by atoms with van der Waals surface area (Å²) in [4.78, 5) is 0. The molecular formula is C11H12FN3. The van der Waals surface area contributed by atoms with Gasteiger partial charge in [0.05, 0.1) is 23.1 Å². The van der Waals surface area contributed by atoms with Crippen molar-refractivity contribution in [3.63, 3.8) is 0 Å². The van der Waals surface area contributed by atoms with Crippen LogP contribution in [0.1, 0.15) is 12.5 Å². The minimum absolute atomic E-state index is 0.190. The van der Waals surface area contributed by atoms with Gasteiger partial charge in [-0.25, -0.2) is 4.39 Å². The van der Waals surface area contributed by atoms with E-state index in [1.807, 2.05) is 10.7 Å². The van der Waals surface area contributed by atoms with Gasteiger partial charge in [0.2, 0.25) is 0 Å². The number of rotatable bonds is 1. The molecule has 0 saturated carbocycles. The molecule has 2 aromatic rings. The minimum Gasteiger partial charge on any atom is -0.315 e. The second-order valence-electron chi connectivity index (χ2n) is 3.91. The predicted octanol–water partition coefficient (Wildman–Crippen LogP) is 1.71. The summed E-state index contributed by atoms with van der Waals surface area (Å²) in [5.41, 5.74) is 0.892. The van der Waals surface area contributed by atoms with Crippen LogP contribution in [-0.2, 0) is 0 Å². The lowest BCUT2D eigenvalue weighted by Gasteiger charge is -2.10. The Hall–Kier alpha value is -1.42. The molecule has 4 heteroatoms. The maximum atomic E-state index is 13.4. The first-order chi connectivity index (χ1) is 7.36. The molecule has 78 valence electrons. The van der Waals surface area contributed by atoms with Crippen LogP contribution in [0.25, 0.3) is 10.9 Å². The van der Waals surface area contributed by atoms with Crippen molar-refractivity contribution in [2.45, 2.75) is 12.5 Å². The monoisotopic (exact) mass is 205 g/mol. The number of aromatic nitrogens is 2. The van der Waals surface area contributed by atoms with Crippen molar-refractivity contribution in [3.8, 4) is 0 Å². The van der Waals surface area contributed by atoms with Crippen LogP contribution in [0.15, 0.2) is 24.4 Å². The number of hydrogen-bond donors (Lipinski definition) is 1. The van der Waals surface area contributed by atoms with Crippen molar-refractivity contribution < 1.29 is 4.39 Å². The van der Waals surface area contributed by atoms with E-state index in [2.05, 4.69) is 10.4 Å². The molecule has 0 bridgehead atoms. The lowest BCUT2D eigenvalue weighted by Crippen LogP contribution is -2.14. The third-order valence-corrected chi connectivity index (χ3v) is 2.97. The van der Waals surface area contributed by atoms with Gasteiger partial charge in [0, 0.05) is 6.54 Å². The molecule has 1 aliphatic rings. The second-order valence-corrected chi connectivity index (χ2v) is 3.91. The van der Waals surface area contributed by atoms with Crippen LogP contribution in [0.4, 0.5) is 4.39 Å². The van der Waals surface area contributed by atoms with E-state index in [1.54, 1.807) is 12.3 Å². The highest BCUT2D eigenvalue weighted by Crippen LogP contribution is 2.23. The van der Waals surface area contributed by atoms with E-state index in [4.69, 9.17) is 0 Å². The highest BCUT2D eigenvalue weighted by Gasteiger charge is 2.19. The molecule has 15 heavy (non-hydrogen) atoms. The van der Waals surface area contributed by atoms with E-state index < -0.39 is 0 Å². The van der Waals surface area contributed by atoms with Gasteiger partial charge in [-0.15, -0.1) is 0 Å². The van der Waals surface area contributed by atoms with Gasteiger partial charge in [-0.3, -0.25) is 4.68 Å². The van der Waals surface area contributed by atoms with Crippen LogP contribution in [0.5, 0.6) is 0 Å². The molecule has 1 unspecified atom stereocenters. The number of nitrogens with zero attached hydrogens (tertiary/aromatic N) is 2. The molecule has 1 N–H and O–H groups in total. The molecule has 0 spiro atoms. The van der Waals surface area contributed by atoms with E-state index in [-0.39, 0.29) is 5.82 Å². The fourth-order valence-electron chi connectivity index (χ4n) is 2.17. The third-order valence-electron chi connectivity index (χ3n) is 2.97. The van der Waals surface area contributed by atoms with Crippen molar-refractivity contribution in [2.24, 2.45) is 0 Å². The molecule has 1 fully saturated rings. The van der Waals surface area contributed by atoms with Crippen molar-refractivity contribution >= 4 is 10.9 Å². The zero-order chi connectivity index (χ0) is 10.3. The summed E-state index contributed by atoms with van der Waals surface area (Å²) in [7, 11) is 0. The summed E-state index contributed by atoms with van der Waals surface area (Å²) in [5.74, 6) is -0.190. The average molecular weight is 205 g/mol. The quantitative estimate of drug-likeness (QED) is 0.768. The zero-order valence-electron chi connectivity index (χ0n) is 8.28. The predicted molar refractivity (Wildman–Crippen MR) is 56.2 cm³/mol. The highest BCUT2D eigenvalue weighted by atomic mass is 19.1. The largest absolute Gasteiger partial charge is 0.315 e. The first kappa shape index (κ1) is 8.85. The van der Waals surface area contributed by atoms with Gasteiger partial charge in [0.25, 0.3) is 0 Å². The van der Waals surface area contributed by atoms with Gasteiger partial charge < -0.3 is 5.32 Å². The van der Waals surface area contributed by atoms with E-state index in [1.165, 1.54) is 6.07 Å². The first-order valence-electron chi connectivity index (χ1n) is 5.19. The molecular weight excluding hydrogens is 193 g/mol. The van der Waals surface area contributed by atoms with Gasteiger partial charge in [0.1, 0.15) is 5.82 Å². The molecule has 3 rings (SSSR count). The Kier molecular flexibility index (Phi) is 1.95. The molecule has 0 amide bonds. The van der Waals surface area contributed by atoms with Crippen molar-refractivity contribution in [3.05, 3.63) is 30.2 Å². The normalized spacial score (nSPS) is 21.3. The molecule has 0 radical (unpaired) electrons. The number of fused-ring (bicyclic) bond motifs is 1. The fourth-order valence-corrected chi connectivity index (χ4v) is 2.17. The molecule has 1 atom stereocenters. The minimum atomic E-state index is -0.190. The molecule has 1 aromatic heterocycles. The van der Waals surface area contributed by atoms with Crippen molar-refractivity contribution in [1.82, 2.24) is 15.1 Å². The summed E-state index contributed by atoms with van der Waals surface area (Å²) in [5, 5.41) is 8.18. The Labute approximate surface area is 86.9 Å². The van der Waals surface area contributed by atoms with Gasteiger partial charge >= 0.3 is 0 Å². The summed E-state index contributed by atoms with van der Waals surface area (Å²) in [6.45, 7) is 1.94. The SMILES string of the molecule is Fc1cccc2c1cnn2C1CCNC1. The van der Waals surface area contributed by atoms with E-state index in [0.29, 0.717) is 11.4 Å². The number of hydrogen-bond acceptors (Lipinski definition) is 2. The third kappa shape index (κ3) is 1.33. The summed E-state index contributed by atoms with van der Waals surface area (Å²) in [6, 6.07) is 5.49. The van der Waals surface area contributed by atoms with Crippen molar-refractivity contribution in [1.29, 1.82) is 0 Å². The number of benzene rings is 1. The molecule has 3 nitrogen and oxygen atoms in total. The van der Waals surface area contributed by atoms with E-state index in [0.717, 1.165) is 25.0 Å². The lowest BCUT2D eigenvalue weighted by molar-refractivity contribution is 0.506. The van der Waals surface area contributed by atoms with E-state index in [9.17, 15) is 4.39 Å². The van der Waals surface area contributed by atoms with Gasteiger partial charge in [-0.05, 0) is 25.1 Å². The standard InChI is InChI=1S/C11H12FN3/c12-10-2-1-3-11-9(10)7-14-15(11)8-4-5-13-6-8/h1-3,7-8,13H,4-6H2. The maximum Gasteiger partial charge on any atom is 0.134 e. The topological polar surface area (TPSA) is 29.9 Å². The molecule has 1 aromatic carbocycles. The van der Waals surface area contributed by atoms with Crippen LogP contribution in [0.3, 0.4) is 0 Å². The van der Waals surface area contributed by atoms with Crippen LogP contribution < -0.4 is 5.32 Å². The fraction of sp³-hybridized carbons (Fsp3) is 0.364. The van der Waals surface area contributed by atoms with Crippen LogP contribution >= 0.6 is 0 Å². The van der Waals surface area contributed by atoms with Gasteiger partial charge in [-0.1, -0.05) is 6.07 Å². The molecule has 1 aliphatic heterocycles. The van der Waals surface area contributed by atoms with Crippen LogP contribution in [0, 0.1) is 5.82 Å². The Morgan fingerprint density at radius 2 is 2.40 bits per heavy atom. The number of nitrogens with one attached hydrogen (secondary N) is 1. The lowest BCUT2D eigenvalue weighted by atomic mass is 10.2. The van der Waals surface area contributed by atoms with Gasteiger partial charge in [-0.2, -0.15) is 5.10 Å². The first-order valence-corrected chi connectivity index (χ1v) is 5.19. The Bertz CT molecular complexity index is 486. The molecule has 2 heterocycles.